The Morgan fingerprint density at radius 2 is 1.90 bits per heavy atom. The van der Waals surface area contributed by atoms with E-state index in [2.05, 4.69) is 39.8 Å². The summed E-state index contributed by atoms with van der Waals surface area (Å²) in [5.74, 6) is 0.957. The fraction of sp³-hybridized carbons (Fsp3) is 0.467. The van der Waals surface area contributed by atoms with E-state index in [1.807, 2.05) is 6.07 Å². The lowest BCUT2D eigenvalue weighted by Crippen LogP contribution is -2.21. The molecule has 1 N–H and O–H groups in total. The molecule has 1 aliphatic carbocycles. The van der Waals surface area contributed by atoms with Crippen LogP contribution < -0.4 is 5.32 Å². The van der Waals surface area contributed by atoms with Crippen molar-refractivity contribution >= 4 is 28.2 Å². The van der Waals surface area contributed by atoms with E-state index in [1.54, 1.807) is 23.1 Å². The second kappa shape index (κ2) is 7.09. The molecule has 3 nitrogen and oxygen atoms in total. The first-order valence-corrected chi connectivity index (χ1v) is 8.97. The van der Waals surface area contributed by atoms with Crippen LogP contribution in [0.25, 0.3) is 0 Å². The number of anilines is 1. The standard InChI is InChI=1S/C15H19N3S2/c1-3-7-12(8-4-1)11-19-15-18-17-14(20-15)16-13-9-5-2-6-10-13/h1,3-4,7-8,13H,2,5-6,9-11H2,(H,16,17). The van der Waals surface area contributed by atoms with Crippen molar-refractivity contribution in [3.63, 3.8) is 0 Å². The Bertz CT molecular complexity index is 521. The van der Waals surface area contributed by atoms with Crippen LogP contribution in [0.4, 0.5) is 5.13 Å². The van der Waals surface area contributed by atoms with Crippen molar-refractivity contribution < 1.29 is 0 Å². The third-order valence-electron chi connectivity index (χ3n) is 3.54. The lowest BCUT2D eigenvalue weighted by atomic mass is 9.96. The van der Waals surface area contributed by atoms with E-state index in [9.17, 15) is 0 Å². The topological polar surface area (TPSA) is 37.8 Å². The zero-order chi connectivity index (χ0) is 13.6. The lowest BCUT2D eigenvalue weighted by molar-refractivity contribution is 0.462. The minimum atomic E-state index is 0.601. The molecule has 0 saturated heterocycles. The minimum Gasteiger partial charge on any atom is -0.357 e. The number of benzene rings is 1. The number of nitrogens with zero attached hydrogens (tertiary/aromatic N) is 2. The summed E-state index contributed by atoms with van der Waals surface area (Å²) < 4.78 is 1.05. The second-order valence-electron chi connectivity index (χ2n) is 5.13. The molecule has 1 saturated carbocycles. The summed E-state index contributed by atoms with van der Waals surface area (Å²) in [6, 6.07) is 11.1. The van der Waals surface area contributed by atoms with E-state index < -0.39 is 0 Å². The van der Waals surface area contributed by atoms with Crippen LogP contribution >= 0.6 is 23.1 Å². The number of rotatable bonds is 5. The Morgan fingerprint density at radius 1 is 1.10 bits per heavy atom. The maximum Gasteiger partial charge on any atom is 0.206 e. The number of hydrogen-bond acceptors (Lipinski definition) is 5. The molecule has 0 amide bonds. The number of hydrogen-bond donors (Lipinski definition) is 1. The van der Waals surface area contributed by atoms with Crippen LogP contribution in [0.5, 0.6) is 0 Å². The van der Waals surface area contributed by atoms with E-state index in [0.29, 0.717) is 6.04 Å². The third kappa shape index (κ3) is 3.96. The molecule has 2 aromatic rings. The molecule has 0 aliphatic heterocycles. The fourth-order valence-corrected chi connectivity index (χ4v) is 4.25. The Hall–Kier alpha value is -1.07. The van der Waals surface area contributed by atoms with Crippen LogP contribution in [-0.2, 0) is 5.75 Å². The minimum absolute atomic E-state index is 0.601. The average molecular weight is 305 g/mol. The first kappa shape index (κ1) is 13.9. The van der Waals surface area contributed by atoms with E-state index in [1.165, 1.54) is 37.7 Å². The second-order valence-corrected chi connectivity index (χ2v) is 7.33. The predicted octanol–water partition coefficient (Wildman–Crippen LogP) is 4.58. The van der Waals surface area contributed by atoms with Crippen LogP contribution in [-0.4, -0.2) is 16.2 Å². The summed E-state index contributed by atoms with van der Waals surface area (Å²) in [4.78, 5) is 0. The average Bonchev–Trinajstić information content (AvgIpc) is 2.95. The quantitative estimate of drug-likeness (QED) is 0.821. The lowest BCUT2D eigenvalue weighted by Gasteiger charge is -2.21. The Morgan fingerprint density at radius 3 is 2.70 bits per heavy atom. The van der Waals surface area contributed by atoms with Gasteiger partial charge in [-0.05, 0) is 18.4 Å². The van der Waals surface area contributed by atoms with Gasteiger partial charge in [-0.1, -0.05) is 72.7 Å². The van der Waals surface area contributed by atoms with Crippen LogP contribution in [0.3, 0.4) is 0 Å². The van der Waals surface area contributed by atoms with Crippen LogP contribution in [0, 0.1) is 0 Å². The molecule has 0 bridgehead atoms. The maximum atomic E-state index is 4.27. The summed E-state index contributed by atoms with van der Waals surface area (Å²) >= 11 is 3.44. The smallest absolute Gasteiger partial charge is 0.206 e. The molecule has 5 heteroatoms. The van der Waals surface area contributed by atoms with Gasteiger partial charge in [0.25, 0.3) is 0 Å². The molecule has 0 atom stereocenters. The van der Waals surface area contributed by atoms with Gasteiger partial charge in [0.1, 0.15) is 0 Å². The van der Waals surface area contributed by atoms with Crippen molar-refractivity contribution in [3.05, 3.63) is 35.9 Å². The van der Waals surface area contributed by atoms with Crippen molar-refractivity contribution in [2.45, 2.75) is 48.2 Å². The van der Waals surface area contributed by atoms with Crippen molar-refractivity contribution in [2.75, 3.05) is 5.32 Å². The van der Waals surface area contributed by atoms with Crippen molar-refractivity contribution in [3.8, 4) is 0 Å². The number of thioether (sulfide) groups is 1. The van der Waals surface area contributed by atoms with Crippen LogP contribution in [0.2, 0.25) is 0 Å². The van der Waals surface area contributed by atoms with E-state index in [4.69, 9.17) is 0 Å². The van der Waals surface area contributed by atoms with Gasteiger partial charge in [-0.3, -0.25) is 0 Å². The SMILES string of the molecule is c1ccc(CSc2nnc(NC3CCCCC3)s2)cc1. The number of nitrogens with one attached hydrogen (secondary N) is 1. The molecule has 1 fully saturated rings. The zero-order valence-electron chi connectivity index (χ0n) is 11.4. The van der Waals surface area contributed by atoms with Gasteiger partial charge in [0.15, 0.2) is 4.34 Å². The summed E-state index contributed by atoms with van der Waals surface area (Å²) in [5.41, 5.74) is 1.33. The third-order valence-corrected chi connectivity index (χ3v) is 5.60. The van der Waals surface area contributed by atoms with Gasteiger partial charge in [0.05, 0.1) is 0 Å². The van der Waals surface area contributed by atoms with Gasteiger partial charge in [0, 0.05) is 11.8 Å². The van der Waals surface area contributed by atoms with E-state index in [0.717, 1.165) is 15.2 Å². The van der Waals surface area contributed by atoms with Crippen molar-refractivity contribution in [1.29, 1.82) is 0 Å². The van der Waals surface area contributed by atoms with Crippen LogP contribution in [0.1, 0.15) is 37.7 Å². The van der Waals surface area contributed by atoms with Crippen molar-refractivity contribution in [1.82, 2.24) is 10.2 Å². The summed E-state index contributed by atoms with van der Waals surface area (Å²) in [6.07, 6.45) is 6.60. The predicted molar refractivity (Wildman–Crippen MR) is 86.4 cm³/mol. The zero-order valence-corrected chi connectivity index (χ0v) is 13.1. The molecule has 20 heavy (non-hydrogen) atoms. The highest BCUT2D eigenvalue weighted by Gasteiger charge is 2.15. The van der Waals surface area contributed by atoms with Gasteiger partial charge >= 0.3 is 0 Å². The molecule has 106 valence electrons. The van der Waals surface area contributed by atoms with Gasteiger partial charge < -0.3 is 5.32 Å². The summed E-state index contributed by atoms with van der Waals surface area (Å²) in [6.45, 7) is 0. The molecule has 1 aliphatic rings. The highest BCUT2D eigenvalue weighted by atomic mass is 32.2. The molecule has 3 rings (SSSR count). The molecule has 1 aromatic heterocycles. The molecular formula is C15H19N3S2. The summed E-state index contributed by atoms with van der Waals surface area (Å²) in [7, 11) is 0. The highest BCUT2D eigenvalue weighted by molar-refractivity contribution is 8.00. The molecule has 1 heterocycles. The van der Waals surface area contributed by atoms with E-state index >= 15 is 0 Å². The van der Waals surface area contributed by atoms with Crippen LogP contribution in [0.15, 0.2) is 34.7 Å². The summed E-state index contributed by atoms with van der Waals surface area (Å²) in [5, 5.41) is 13.0. The van der Waals surface area contributed by atoms with Gasteiger partial charge in [-0.2, -0.15) is 0 Å². The van der Waals surface area contributed by atoms with Gasteiger partial charge in [-0.25, -0.2) is 0 Å². The maximum absolute atomic E-state index is 4.27. The van der Waals surface area contributed by atoms with E-state index in [-0.39, 0.29) is 0 Å². The normalized spacial score (nSPS) is 16.2. The molecule has 0 unspecified atom stereocenters. The fourth-order valence-electron chi connectivity index (χ4n) is 2.47. The largest absolute Gasteiger partial charge is 0.357 e. The molecule has 0 spiro atoms. The number of aromatic nitrogens is 2. The highest BCUT2D eigenvalue weighted by Crippen LogP contribution is 2.30. The van der Waals surface area contributed by atoms with Gasteiger partial charge in [-0.15, -0.1) is 10.2 Å². The molecule has 1 aromatic carbocycles. The Labute approximate surface area is 128 Å². The van der Waals surface area contributed by atoms with Crippen molar-refractivity contribution in [2.24, 2.45) is 0 Å². The first-order chi connectivity index (χ1) is 9.90. The molecular weight excluding hydrogens is 286 g/mol. The van der Waals surface area contributed by atoms with Gasteiger partial charge in [0.2, 0.25) is 5.13 Å². The molecule has 0 radical (unpaired) electrons. The Kier molecular flexibility index (Phi) is 4.92. The monoisotopic (exact) mass is 305 g/mol. The Balaban J connectivity index is 1.51. The first-order valence-electron chi connectivity index (χ1n) is 7.17.